The fourth-order valence-electron chi connectivity index (χ4n) is 2.46. The minimum atomic E-state index is -1.34. The Balaban J connectivity index is 2.42. The van der Waals surface area contributed by atoms with Crippen LogP contribution in [0.5, 0.6) is 0 Å². The highest BCUT2D eigenvalue weighted by atomic mass is 16.4. The molecule has 0 aromatic heterocycles. The van der Waals surface area contributed by atoms with E-state index in [-0.39, 0.29) is 5.91 Å². The lowest BCUT2D eigenvalue weighted by Crippen LogP contribution is -2.42. The monoisotopic (exact) mass is 271 g/mol. The van der Waals surface area contributed by atoms with Gasteiger partial charge in [0.1, 0.15) is 6.04 Å². The van der Waals surface area contributed by atoms with Crippen molar-refractivity contribution in [3.63, 3.8) is 0 Å². The molecule has 0 radical (unpaired) electrons. The first-order valence-electron chi connectivity index (χ1n) is 6.73. The largest absolute Gasteiger partial charge is 0.481 e. The lowest BCUT2D eigenvalue weighted by Gasteiger charge is -2.16. The summed E-state index contributed by atoms with van der Waals surface area (Å²) >= 11 is 0. The van der Waals surface area contributed by atoms with Crippen molar-refractivity contribution in [3.05, 3.63) is 0 Å². The zero-order chi connectivity index (χ0) is 14.3. The average molecular weight is 271 g/mol. The number of carboxylic acid groups (broad SMARTS) is 2. The summed E-state index contributed by atoms with van der Waals surface area (Å²) in [6.45, 7) is 0. The van der Waals surface area contributed by atoms with Crippen LogP contribution in [0.3, 0.4) is 0 Å². The second-order valence-electron chi connectivity index (χ2n) is 5.12. The van der Waals surface area contributed by atoms with Gasteiger partial charge in [0.25, 0.3) is 0 Å². The van der Waals surface area contributed by atoms with Gasteiger partial charge in [-0.2, -0.15) is 0 Å². The number of rotatable bonds is 6. The standard InChI is InChI=1S/C13H21NO5/c15-11(7-9-5-3-1-2-4-6-9)14-10(13(18)19)8-12(16)17/h9-10H,1-8H2,(H,14,15)(H,16,17)(H,18,19). The van der Waals surface area contributed by atoms with Crippen molar-refractivity contribution >= 4 is 17.8 Å². The second-order valence-corrected chi connectivity index (χ2v) is 5.12. The van der Waals surface area contributed by atoms with Crippen molar-refractivity contribution in [2.75, 3.05) is 0 Å². The van der Waals surface area contributed by atoms with Gasteiger partial charge in [0, 0.05) is 6.42 Å². The van der Waals surface area contributed by atoms with Crippen LogP contribution in [0.4, 0.5) is 0 Å². The topological polar surface area (TPSA) is 104 Å². The van der Waals surface area contributed by atoms with E-state index in [1.165, 1.54) is 12.8 Å². The third-order valence-electron chi connectivity index (χ3n) is 3.46. The zero-order valence-electron chi connectivity index (χ0n) is 10.9. The summed E-state index contributed by atoms with van der Waals surface area (Å²) in [4.78, 5) is 33.1. The van der Waals surface area contributed by atoms with Crippen LogP contribution in [-0.4, -0.2) is 34.1 Å². The molecule has 1 fully saturated rings. The van der Waals surface area contributed by atoms with Gasteiger partial charge in [-0.3, -0.25) is 9.59 Å². The predicted molar refractivity (Wildman–Crippen MR) is 67.6 cm³/mol. The van der Waals surface area contributed by atoms with Crippen LogP contribution < -0.4 is 5.32 Å². The quantitative estimate of drug-likeness (QED) is 0.633. The van der Waals surface area contributed by atoms with Crippen LogP contribution in [0.1, 0.15) is 51.4 Å². The van der Waals surface area contributed by atoms with Crippen molar-refractivity contribution < 1.29 is 24.6 Å². The van der Waals surface area contributed by atoms with Gasteiger partial charge in [-0.05, 0) is 18.8 Å². The lowest BCUT2D eigenvalue weighted by molar-refractivity contribution is -0.147. The minimum absolute atomic E-state index is 0.293. The van der Waals surface area contributed by atoms with Crippen molar-refractivity contribution in [2.45, 2.75) is 57.4 Å². The molecule has 108 valence electrons. The first-order valence-corrected chi connectivity index (χ1v) is 6.73. The van der Waals surface area contributed by atoms with E-state index < -0.39 is 24.4 Å². The minimum Gasteiger partial charge on any atom is -0.481 e. The molecule has 1 aliphatic carbocycles. The molecule has 6 heteroatoms. The van der Waals surface area contributed by atoms with Gasteiger partial charge in [-0.25, -0.2) is 4.79 Å². The molecule has 1 unspecified atom stereocenters. The third-order valence-corrected chi connectivity index (χ3v) is 3.46. The van der Waals surface area contributed by atoms with Gasteiger partial charge in [0.05, 0.1) is 6.42 Å². The maximum absolute atomic E-state index is 11.8. The fourth-order valence-corrected chi connectivity index (χ4v) is 2.46. The van der Waals surface area contributed by atoms with E-state index in [1.54, 1.807) is 0 Å². The summed E-state index contributed by atoms with van der Waals surface area (Å²) in [5.41, 5.74) is 0. The SMILES string of the molecule is O=C(O)CC(NC(=O)CC1CCCCCC1)C(=O)O. The number of nitrogens with one attached hydrogen (secondary N) is 1. The second kappa shape index (κ2) is 7.76. The Bertz CT molecular complexity index is 334. The summed E-state index contributed by atoms with van der Waals surface area (Å²) < 4.78 is 0. The Labute approximate surface area is 112 Å². The molecule has 3 N–H and O–H groups in total. The van der Waals surface area contributed by atoms with Gasteiger partial charge in [0.15, 0.2) is 0 Å². The molecule has 0 bridgehead atoms. The van der Waals surface area contributed by atoms with Crippen molar-refractivity contribution in [2.24, 2.45) is 5.92 Å². The Morgan fingerprint density at radius 2 is 1.63 bits per heavy atom. The Morgan fingerprint density at radius 1 is 1.05 bits per heavy atom. The number of hydrogen-bond donors (Lipinski definition) is 3. The Kier molecular flexibility index (Phi) is 6.32. The highest BCUT2D eigenvalue weighted by molar-refractivity contribution is 5.86. The van der Waals surface area contributed by atoms with Crippen LogP contribution in [0, 0.1) is 5.92 Å². The lowest BCUT2D eigenvalue weighted by atomic mass is 9.96. The maximum Gasteiger partial charge on any atom is 0.326 e. The molecule has 1 amide bonds. The molecular formula is C13H21NO5. The summed E-state index contributed by atoms with van der Waals surface area (Å²) in [5.74, 6) is -2.61. The fraction of sp³-hybridized carbons (Fsp3) is 0.769. The Hall–Kier alpha value is -1.59. The predicted octanol–water partition coefficient (Wildman–Crippen LogP) is 1.39. The van der Waals surface area contributed by atoms with Gasteiger partial charge >= 0.3 is 11.9 Å². The number of carbonyl (C=O) groups is 3. The zero-order valence-corrected chi connectivity index (χ0v) is 10.9. The number of carboxylic acids is 2. The van der Waals surface area contributed by atoms with Crippen molar-refractivity contribution in [1.29, 1.82) is 0 Å². The van der Waals surface area contributed by atoms with E-state index in [0.29, 0.717) is 12.3 Å². The Morgan fingerprint density at radius 3 is 2.11 bits per heavy atom. The first-order chi connectivity index (χ1) is 8.99. The molecule has 0 heterocycles. The molecule has 1 aliphatic rings. The molecule has 0 aromatic rings. The molecule has 1 rings (SSSR count). The highest BCUT2D eigenvalue weighted by Gasteiger charge is 2.24. The summed E-state index contributed by atoms with van der Waals surface area (Å²) in [6, 6.07) is -1.34. The molecule has 1 atom stereocenters. The highest BCUT2D eigenvalue weighted by Crippen LogP contribution is 2.25. The van der Waals surface area contributed by atoms with Gasteiger partial charge < -0.3 is 15.5 Å². The van der Waals surface area contributed by atoms with Crippen LogP contribution in [-0.2, 0) is 14.4 Å². The van der Waals surface area contributed by atoms with Crippen LogP contribution in [0.2, 0.25) is 0 Å². The van der Waals surface area contributed by atoms with E-state index in [1.807, 2.05) is 0 Å². The molecule has 0 aliphatic heterocycles. The van der Waals surface area contributed by atoms with E-state index in [4.69, 9.17) is 10.2 Å². The van der Waals surface area contributed by atoms with Gasteiger partial charge in [0.2, 0.25) is 5.91 Å². The molecule has 0 saturated heterocycles. The van der Waals surface area contributed by atoms with Crippen LogP contribution in [0.25, 0.3) is 0 Å². The molecule has 6 nitrogen and oxygen atoms in total. The summed E-state index contributed by atoms with van der Waals surface area (Å²) in [7, 11) is 0. The average Bonchev–Trinajstić information content (AvgIpc) is 2.56. The van der Waals surface area contributed by atoms with Crippen molar-refractivity contribution in [3.8, 4) is 0 Å². The third kappa shape index (κ3) is 6.22. The molecule has 1 saturated carbocycles. The van der Waals surface area contributed by atoms with Gasteiger partial charge in [-0.15, -0.1) is 0 Å². The number of aliphatic carboxylic acids is 2. The van der Waals surface area contributed by atoms with E-state index in [2.05, 4.69) is 5.32 Å². The van der Waals surface area contributed by atoms with Gasteiger partial charge in [-0.1, -0.05) is 25.7 Å². The number of hydrogen-bond acceptors (Lipinski definition) is 3. The van der Waals surface area contributed by atoms with E-state index in [9.17, 15) is 14.4 Å². The number of carbonyl (C=O) groups excluding carboxylic acids is 1. The van der Waals surface area contributed by atoms with E-state index >= 15 is 0 Å². The molecule has 0 spiro atoms. The first kappa shape index (κ1) is 15.5. The molecular weight excluding hydrogens is 250 g/mol. The smallest absolute Gasteiger partial charge is 0.326 e. The van der Waals surface area contributed by atoms with Crippen molar-refractivity contribution in [1.82, 2.24) is 5.32 Å². The summed E-state index contributed by atoms with van der Waals surface area (Å²) in [6.07, 6.45) is 6.28. The molecule has 0 aromatic carbocycles. The summed E-state index contributed by atoms with van der Waals surface area (Å²) in [5, 5.41) is 19.7. The van der Waals surface area contributed by atoms with Crippen LogP contribution >= 0.6 is 0 Å². The number of amides is 1. The maximum atomic E-state index is 11.8. The molecule has 19 heavy (non-hydrogen) atoms. The van der Waals surface area contributed by atoms with E-state index in [0.717, 1.165) is 25.7 Å². The normalized spacial score (nSPS) is 18.3. The van der Waals surface area contributed by atoms with Crippen LogP contribution in [0.15, 0.2) is 0 Å².